The third-order valence-electron chi connectivity index (χ3n) is 7.80. The molecule has 12 heteroatoms. The van der Waals surface area contributed by atoms with Gasteiger partial charge in [0, 0.05) is 49.1 Å². The number of nitrogens with zero attached hydrogens (tertiary/aromatic N) is 5. The maximum absolute atomic E-state index is 12.6. The molecular formula is C31H36N10O2. The Bertz CT molecular complexity index is 1520. The third kappa shape index (κ3) is 6.92. The number of benzene rings is 1. The fourth-order valence-corrected chi connectivity index (χ4v) is 5.66. The predicted molar refractivity (Wildman–Crippen MR) is 166 cm³/mol. The zero-order valence-corrected chi connectivity index (χ0v) is 24.2. The largest absolute Gasteiger partial charge is 0.419 e. The summed E-state index contributed by atoms with van der Waals surface area (Å²) in [6, 6.07) is 12.0. The quantitative estimate of drug-likeness (QED) is 0.145. The van der Waals surface area contributed by atoms with Crippen molar-refractivity contribution in [3.63, 3.8) is 0 Å². The van der Waals surface area contributed by atoms with Gasteiger partial charge in [0.15, 0.2) is 0 Å². The van der Waals surface area contributed by atoms with E-state index in [4.69, 9.17) is 26.7 Å². The highest BCUT2D eigenvalue weighted by Crippen LogP contribution is 2.39. The molecule has 3 heterocycles. The van der Waals surface area contributed by atoms with Crippen molar-refractivity contribution in [2.24, 2.45) is 11.8 Å². The van der Waals surface area contributed by atoms with Crippen LogP contribution in [0.1, 0.15) is 35.2 Å². The van der Waals surface area contributed by atoms with Gasteiger partial charge in [-0.1, -0.05) is 24.3 Å². The summed E-state index contributed by atoms with van der Waals surface area (Å²) in [5.41, 5.74) is 8.17. The predicted octanol–water partition coefficient (Wildman–Crippen LogP) is 3.00. The number of ether oxygens (including phenoxy) is 1. The maximum atomic E-state index is 12.6. The Morgan fingerprint density at radius 1 is 1.02 bits per heavy atom. The van der Waals surface area contributed by atoms with Crippen LogP contribution in [0.4, 0.5) is 11.6 Å². The minimum Gasteiger partial charge on any atom is -0.419 e. The number of likely N-dealkylation sites (tertiary alicyclic amines) is 1. The van der Waals surface area contributed by atoms with Gasteiger partial charge < -0.3 is 25.6 Å². The fraction of sp³-hybridized carbons (Fsp3) is 0.323. The van der Waals surface area contributed by atoms with Gasteiger partial charge in [-0.2, -0.15) is 0 Å². The van der Waals surface area contributed by atoms with Gasteiger partial charge in [0.1, 0.15) is 23.7 Å². The van der Waals surface area contributed by atoms with Crippen molar-refractivity contribution >= 4 is 35.1 Å². The number of carbonyl (C=O) groups is 1. The molecule has 1 saturated heterocycles. The summed E-state index contributed by atoms with van der Waals surface area (Å²) in [4.78, 5) is 29.2. The number of aromatic nitrogens is 3. The number of nitrogens with two attached hydrogens (primary N) is 1. The van der Waals surface area contributed by atoms with Crippen LogP contribution < -0.4 is 11.1 Å². The van der Waals surface area contributed by atoms with Crippen LogP contribution in [0.2, 0.25) is 0 Å². The number of hydrogen-bond donors (Lipinski definition) is 5. The van der Waals surface area contributed by atoms with Crippen LogP contribution in [0.3, 0.4) is 0 Å². The Morgan fingerprint density at radius 3 is 2.37 bits per heavy atom. The number of fused-ring (bicyclic) bond motifs is 1. The van der Waals surface area contributed by atoms with E-state index in [9.17, 15) is 4.79 Å². The molecule has 2 fully saturated rings. The fourth-order valence-electron chi connectivity index (χ4n) is 5.66. The van der Waals surface area contributed by atoms with Crippen molar-refractivity contribution in [2.75, 3.05) is 44.8 Å². The molecule has 3 aromatic rings. The average Bonchev–Trinajstić information content (AvgIpc) is 3.56. The molecule has 2 aliphatic rings. The number of pyridine rings is 1. The van der Waals surface area contributed by atoms with Crippen LogP contribution in [-0.4, -0.2) is 87.9 Å². The summed E-state index contributed by atoms with van der Waals surface area (Å²) in [6.07, 6.45) is 8.32. The summed E-state index contributed by atoms with van der Waals surface area (Å²) in [7, 11) is 3.94. The number of anilines is 2. The molecule has 1 amide bonds. The Hall–Kier alpha value is -4.97. The van der Waals surface area contributed by atoms with E-state index in [1.165, 1.54) is 6.33 Å². The second-order valence-electron chi connectivity index (χ2n) is 11.2. The van der Waals surface area contributed by atoms with E-state index in [0.717, 1.165) is 32.5 Å². The zero-order chi connectivity index (χ0) is 30.5. The van der Waals surface area contributed by atoms with E-state index in [-0.39, 0.29) is 35.3 Å². The molecule has 2 unspecified atom stereocenters. The van der Waals surface area contributed by atoms with Gasteiger partial charge in [0.2, 0.25) is 17.7 Å². The lowest BCUT2D eigenvalue weighted by Gasteiger charge is -2.21. The molecule has 0 spiro atoms. The van der Waals surface area contributed by atoms with Gasteiger partial charge in [-0.25, -0.2) is 9.97 Å². The van der Waals surface area contributed by atoms with Gasteiger partial charge in [0.05, 0.1) is 11.3 Å². The minimum atomic E-state index is -0.223. The Labute approximate surface area is 250 Å². The summed E-state index contributed by atoms with van der Waals surface area (Å²) in [5, 5.41) is 28.8. The first-order chi connectivity index (χ1) is 20.7. The van der Waals surface area contributed by atoms with Crippen molar-refractivity contribution < 1.29 is 9.53 Å². The van der Waals surface area contributed by atoms with Crippen molar-refractivity contribution in [2.45, 2.75) is 18.9 Å². The van der Waals surface area contributed by atoms with Crippen molar-refractivity contribution in [3.8, 4) is 0 Å². The summed E-state index contributed by atoms with van der Waals surface area (Å²) in [5.74, 6) is 1.18. The van der Waals surface area contributed by atoms with Crippen molar-refractivity contribution in [1.29, 1.82) is 16.2 Å². The second-order valence-corrected chi connectivity index (χ2v) is 11.2. The summed E-state index contributed by atoms with van der Waals surface area (Å²) in [6.45, 7) is 2.22. The topological polar surface area (TPSA) is 181 Å². The zero-order valence-electron chi connectivity index (χ0n) is 24.2. The van der Waals surface area contributed by atoms with Gasteiger partial charge >= 0.3 is 0 Å². The molecule has 6 N–H and O–H groups in total. The van der Waals surface area contributed by atoms with E-state index < -0.39 is 0 Å². The SMILES string of the molecule is CN(C)CC=CC(=O)N1CC2CC(Nc3ncnc(N)c3C(=N)c3ccc(C(=N)OC(=N)c4ccccn4)cc3)CC2C1. The van der Waals surface area contributed by atoms with Crippen LogP contribution in [0, 0.1) is 28.1 Å². The molecule has 0 bridgehead atoms. The van der Waals surface area contributed by atoms with Gasteiger partial charge in [-0.05, 0) is 63.0 Å². The first-order valence-electron chi connectivity index (χ1n) is 14.1. The van der Waals surface area contributed by atoms with Gasteiger partial charge in [0.25, 0.3) is 0 Å². The van der Waals surface area contributed by atoms with Crippen LogP contribution in [0.15, 0.2) is 67.1 Å². The monoisotopic (exact) mass is 580 g/mol. The first-order valence-corrected chi connectivity index (χ1v) is 14.1. The molecular weight excluding hydrogens is 544 g/mol. The molecule has 1 aliphatic carbocycles. The molecule has 0 radical (unpaired) electrons. The Morgan fingerprint density at radius 2 is 1.72 bits per heavy atom. The lowest BCUT2D eigenvalue weighted by atomic mass is 10.0. The van der Waals surface area contributed by atoms with Crippen molar-refractivity contribution in [3.05, 3.63) is 89.5 Å². The highest BCUT2D eigenvalue weighted by molar-refractivity contribution is 6.16. The molecule has 5 rings (SSSR count). The van der Waals surface area contributed by atoms with Gasteiger partial charge in [-0.3, -0.25) is 26.0 Å². The molecule has 2 aromatic heterocycles. The van der Waals surface area contributed by atoms with Crippen molar-refractivity contribution in [1.82, 2.24) is 24.8 Å². The smallest absolute Gasteiger partial charge is 0.246 e. The molecule has 12 nitrogen and oxygen atoms in total. The number of nitrogen functional groups attached to an aromatic ring is 1. The van der Waals surface area contributed by atoms with E-state index in [2.05, 4.69) is 20.3 Å². The Balaban J connectivity index is 1.21. The lowest BCUT2D eigenvalue weighted by molar-refractivity contribution is -0.125. The number of carbonyl (C=O) groups excluding carboxylic acids is 1. The van der Waals surface area contributed by atoms with E-state index in [1.807, 2.05) is 30.0 Å². The lowest BCUT2D eigenvalue weighted by Crippen LogP contribution is -2.30. The molecule has 1 aliphatic heterocycles. The summed E-state index contributed by atoms with van der Waals surface area (Å²) < 4.78 is 5.37. The number of nitrogens with one attached hydrogen (secondary N) is 4. The number of amides is 1. The molecule has 43 heavy (non-hydrogen) atoms. The van der Waals surface area contributed by atoms with E-state index in [1.54, 1.807) is 54.7 Å². The van der Waals surface area contributed by atoms with Crippen LogP contribution in [-0.2, 0) is 9.53 Å². The number of rotatable bonds is 9. The van der Waals surface area contributed by atoms with E-state index >= 15 is 0 Å². The second kappa shape index (κ2) is 12.9. The standard InChI is InChI=1S/C31H36N10O2/c1-40(2)13-5-7-25(42)41-16-21-14-23(15-22(21)17-41)39-31-26(28(33)37-18-38-31)27(32)19-8-10-20(11-9-19)29(34)43-30(35)24-6-3-4-12-36-24/h3-12,18,21-23,32,34-35H,13-17H2,1-2H3,(H3,33,37,38,39). The highest BCUT2D eigenvalue weighted by atomic mass is 16.5. The van der Waals surface area contributed by atoms with E-state index in [0.29, 0.717) is 40.0 Å². The van der Waals surface area contributed by atoms with Crippen LogP contribution >= 0.6 is 0 Å². The highest BCUT2D eigenvalue weighted by Gasteiger charge is 2.42. The van der Waals surface area contributed by atoms with Crippen LogP contribution in [0.5, 0.6) is 0 Å². The third-order valence-corrected chi connectivity index (χ3v) is 7.80. The maximum Gasteiger partial charge on any atom is 0.246 e. The molecule has 1 saturated carbocycles. The van der Waals surface area contributed by atoms with Gasteiger partial charge in [-0.15, -0.1) is 0 Å². The number of hydrogen-bond acceptors (Lipinski definition) is 11. The molecule has 1 aromatic carbocycles. The first kappa shape index (κ1) is 29.5. The summed E-state index contributed by atoms with van der Waals surface area (Å²) >= 11 is 0. The Kier molecular flexibility index (Phi) is 8.86. The average molecular weight is 581 g/mol. The normalized spacial score (nSPS) is 19.4. The van der Waals surface area contributed by atoms with Crippen LogP contribution in [0.25, 0.3) is 0 Å². The molecule has 2 atom stereocenters. The molecule has 222 valence electrons. The number of likely N-dealkylation sites (N-methyl/N-ethyl adjacent to an activating group) is 1. The minimum absolute atomic E-state index is 0.0688.